The summed E-state index contributed by atoms with van der Waals surface area (Å²) < 4.78 is 71.3. The zero-order valence-corrected chi connectivity index (χ0v) is 60.4. The fourth-order valence-electron chi connectivity index (χ4n) is 15.1. The monoisotopic (exact) mass is 1310 g/mol. The predicted molar refractivity (Wildman–Crippen MR) is 313 cm³/mol. The third-order valence-corrected chi connectivity index (χ3v) is 24.8. The Labute approximate surface area is 553 Å². The molecule has 28 heteroatoms. The van der Waals surface area contributed by atoms with Crippen molar-refractivity contribution < 1.29 is 161 Å². The molecule has 0 saturated carbocycles. The van der Waals surface area contributed by atoms with E-state index in [1.807, 2.05) is 34.6 Å². The molecule has 0 aliphatic carbocycles. The quantitative estimate of drug-likeness (QED) is 0.0218. The van der Waals surface area contributed by atoms with Crippen molar-refractivity contribution in [2.45, 2.75) is 254 Å². The van der Waals surface area contributed by atoms with Gasteiger partial charge in [0.05, 0.1) is 73.5 Å². The van der Waals surface area contributed by atoms with E-state index < -0.39 is 156 Å². The van der Waals surface area contributed by atoms with Crippen LogP contribution in [-0.2, 0) is 85.6 Å². The van der Waals surface area contributed by atoms with Gasteiger partial charge >= 0.3 is 47.5 Å². The summed E-state index contributed by atoms with van der Waals surface area (Å²) in [4.78, 5) is 73.1. The molecule has 0 aromatic rings. The van der Waals surface area contributed by atoms with Gasteiger partial charge in [-0.05, 0) is 87.5 Å². The molecule has 27 nitrogen and oxygen atoms in total. The SMILES string of the molecule is CCC1(C)C(COC=O)(OC(C)=O)OC(C)(COCC2(C)C(C)(OC(C)=O)OC(C)(CO)C(C)(OC(C)=O)C2(C)COC=O)C(C)(COC=O)C1(C)C.CCC1(C)C(O)(O)OC(C)(COCC2(C)C(C)(O)OC(C)(CO)C(C)(O)C2(C)O)C(C)(O)C1(C)C.[Na+].[OH-]. The van der Waals surface area contributed by atoms with Crippen molar-refractivity contribution in [2.75, 3.05) is 59.5 Å². The molecule has 4 saturated heterocycles. The molecule has 0 aromatic heterocycles. The van der Waals surface area contributed by atoms with Crippen molar-refractivity contribution in [3.8, 4) is 0 Å². The van der Waals surface area contributed by atoms with Crippen molar-refractivity contribution >= 4 is 37.3 Å². The van der Waals surface area contributed by atoms with Gasteiger partial charge in [0.25, 0.3) is 31.2 Å². The van der Waals surface area contributed by atoms with E-state index in [0.717, 1.165) is 0 Å². The minimum Gasteiger partial charge on any atom is -0.870 e. The summed E-state index contributed by atoms with van der Waals surface area (Å²) in [6.07, 6.45) is 0.659. The normalized spacial score (nSPS) is 44.9. The smallest absolute Gasteiger partial charge is 0.870 e. The molecule has 0 bridgehead atoms. The van der Waals surface area contributed by atoms with Crippen LogP contribution in [0.25, 0.3) is 0 Å². The first-order valence-corrected chi connectivity index (χ1v) is 29.7. The minimum atomic E-state index is -2.59. The average Bonchev–Trinajstić information content (AvgIpc) is 0.712. The Morgan fingerprint density at radius 1 is 0.400 bits per heavy atom. The van der Waals surface area contributed by atoms with Gasteiger partial charge < -0.3 is 103 Å². The molecular formula is C62H109NaO27. The maximum absolute atomic E-state index is 12.7. The number of carbonyl (C=O) groups excluding carboxylic acids is 6. The Morgan fingerprint density at radius 2 is 0.811 bits per heavy atom. The van der Waals surface area contributed by atoms with E-state index in [1.54, 1.807) is 55.4 Å². The van der Waals surface area contributed by atoms with E-state index >= 15 is 0 Å². The van der Waals surface area contributed by atoms with Crippen LogP contribution < -0.4 is 29.6 Å². The van der Waals surface area contributed by atoms with Crippen LogP contribution in [0.15, 0.2) is 0 Å². The molecule has 520 valence electrons. The third-order valence-electron chi connectivity index (χ3n) is 24.8. The molecule has 0 spiro atoms. The molecule has 4 aliphatic rings. The number of ether oxygens (including phenoxy) is 12. The summed E-state index contributed by atoms with van der Waals surface area (Å²) in [7, 11) is 0. The Hall–Kier alpha value is -2.78. The van der Waals surface area contributed by atoms with Gasteiger partial charge in [-0.15, -0.1) is 0 Å². The first-order chi connectivity index (χ1) is 39.4. The number of aliphatic hydroxyl groups excluding tert-OH is 2. The molecule has 4 aliphatic heterocycles. The van der Waals surface area contributed by atoms with Crippen molar-refractivity contribution in [3.05, 3.63) is 0 Å². The fraction of sp³-hybridized carbons (Fsp3) is 0.903. The topological polar surface area (TPSA) is 405 Å². The molecule has 17 atom stereocenters. The molecule has 0 aromatic carbocycles. The summed E-state index contributed by atoms with van der Waals surface area (Å²) in [5.41, 5.74) is -24.2. The van der Waals surface area contributed by atoms with E-state index in [4.69, 9.17) is 56.8 Å². The van der Waals surface area contributed by atoms with Crippen molar-refractivity contribution in [1.29, 1.82) is 0 Å². The second-order valence-corrected chi connectivity index (χ2v) is 29.1. The number of carbonyl (C=O) groups is 6. The van der Waals surface area contributed by atoms with Gasteiger partial charge in [-0.25, -0.2) is 0 Å². The van der Waals surface area contributed by atoms with Crippen LogP contribution in [0.5, 0.6) is 0 Å². The summed E-state index contributed by atoms with van der Waals surface area (Å²) in [5.74, 6) is -10.7. The molecule has 0 radical (unpaired) electrons. The van der Waals surface area contributed by atoms with Gasteiger partial charge in [0.15, 0.2) is 12.4 Å². The zero-order valence-electron chi connectivity index (χ0n) is 58.4. The Balaban J connectivity index is 0.000000951. The van der Waals surface area contributed by atoms with E-state index in [9.17, 15) is 69.6 Å². The number of hydrogen-bond donors (Lipinski definition) is 8. The van der Waals surface area contributed by atoms with Gasteiger partial charge in [-0.3, -0.25) is 28.8 Å². The molecule has 4 rings (SSSR count). The molecule has 0 amide bonds. The van der Waals surface area contributed by atoms with Gasteiger partial charge in [0.2, 0.25) is 5.79 Å². The maximum atomic E-state index is 12.7. The average molecular weight is 1310 g/mol. The van der Waals surface area contributed by atoms with E-state index in [1.165, 1.54) is 83.1 Å². The van der Waals surface area contributed by atoms with Crippen molar-refractivity contribution in [3.63, 3.8) is 0 Å². The summed E-state index contributed by atoms with van der Waals surface area (Å²) in [6, 6.07) is 0. The van der Waals surface area contributed by atoms with Crippen molar-refractivity contribution in [1.82, 2.24) is 0 Å². The maximum Gasteiger partial charge on any atom is 1.00 e. The summed E-state index contributed by atoms with van der Waals surface area (Å²) in [5, 5.41) is 88.3. The van der Waals surface area contributed by atoms with Gasteiger partial charge in [0, 0.05) is 43.9 Å². The second-order valence-electron chi connectivity index (χ2n) is 29.1. The standard InChI is InChI=1S/C37H60O16.C25H48O10.Na.H2O/c1-15-29(7)28(5,6)30(8,17-46-22-39)34(12,53-37(29,21-48-24-41)51-27(4)44)20-45-19-32(10)31(9,18-47-23-40)35(13,49-25(2)42)33(11,16-38)52-36(32,14)50-26(3)43;1-12-17(4)16(2,3)21(8,27)20(7,35-25(17,31)32)15-33-14-18(5)22(9,28)23(10,29)19(6,13-26)34-24(18,11)30;;/h22-24,38H,15-21H2,1-14H3;26-32H,12-15H2,1-11H3;;1H2/q;;+1;/p-1. The molecule has 17 unspecified atom stereocenters. The third kappa shape index (κ3) is 12.1. The Morgan fingerprint density at radius 3 is 1.22 bits per heavy atom. The van der Waals surface area contributed by atoms with Crippen molar-refractivity contribution in [2.24, 2.45) is 43.3 Å². The Bertz CT molecular complexity index is 2560. The molecule has 9 N–H and O–H groups in total. The van der Waals surface area contributed by atoms with Crippen LogP contribution in [-0.4, -0.2) is 211 Å². The van der Waals surface area contributed by atoms with E-state index in [2.05, 4.69) is 0 Å². The van der Waals surface area contributed by atoms with Gasteiger partial charge in [-0.2, -0.15) is 0 Å². The second kappa shape index (κ2) is 27.0. The predicted octanol–water partition coefficient (Wildman–Crippen LogP) is 0.863. The molecular weight excluding hydrogens is 1200 g/mol. The Kier molecular flexibility index (Phi) is 25.6. The van der Waals surface area contributed by atoms with Crippen LogP contribution in [0.1, 0.15) is 186 Å². The number of hydrogen-bond acceptors (Lipinski definition) is 27. The zero-order chi connectivity index (χ0) is 69.1. The van der Waals surface area contributed by atoms with Gasteiger partial charge in [0.1, 0.15) is 45.8 Å². The van der Waals surface area contributed by atoms with Crippen LogP contribution in [0.2, 0.25) is 0 Å². The molecule has 4 fully saturated rings. The van der Waals surface area contributed by atoms with E-state index in [0.29, 0.717) is 19.3 Å². The minimum absolute atomic E-state index is 0. The number of rotatable bonds is 24. The molecule has 4 heterocycles. The van der Waals surface area contributed by atoms with Gasteiger partial charge in [-0.1, -0.05) is 76.2 Å². The summed E-state index contributed by atoms with van der Waals surface area (Å²) in [6.45, 7) is 36.0. The first kappa shape index (κ1) is 85.2. The largest absolute Gasteiger partial charge is 1.00 e. The van der Waals surface area contributed by atoms with Crippen LogP contribution >= 0.6 is 0 Å². The number of esters is 3. The van der Waals surface area contributed by atoms with E-state index in [-0.39, 0.29) is 81.0 Å². The fourth-order valence-corrected chi connectivity index (χ4v) is 15.1. The van der Waals surface area contributed by atoms with Crippen LogP contribution in [0.4, 0.5) is 0 Å². The van der Waals surface area contributed by atoms with Crippen LogP contribution in [0.3, 0.4) is 0 Å². The molecule has 90 heavy (non-hydrogen) atoms. The summed E-state index contributed by atoms with van der Waals surface area (Å²) >= 11 is 0. The number of aliphatic hydroxyl groups is 8. The van der Waals surface area contributed by atoms with Crippen LogP contribution in [0, 0.1) is 43.3 Å². The first-order valence-electron chi connectivity index (χ1n) is 29.7.